The molecular weight excluding hydrogens is 250 g/mol. The third kappa shape index (κ3) is 3.97. The number of hydrogen-bond donors (Lipinski definition) is 2. The highest BCUT2D eigenvalue weighted by Gasteiger charge is 2.15. The lowest BCUT2D eigenvalue weighted by atomic mass is 9.99. The van der Waals surface area contributed by atoms with Crippen LogP contribution in [0.3, 0.4) is 0 Å². The van der Waals surface area contributed by atoms with E-state index in [1.165, 1.54) is 25.9 Å². The van der Waals surface area contributed by atoms with Gasteiger partial charge in [0.2, 0.25) is 0 Å². The minimum atomic E-state index is -0.0418. The van der Waals surface area contributed by atoms with Gasteiger partial charge in [0.05, 0.1) is 5.56 Å². The van der Waals surface area contributed by atoms with Crippen molar-refractivity contribution in [3.8, 4) is 0 Å². The van der Waals surface area contributed by atoms with Crippen molar-refractivity contribution < 1.29 is 4.79 Å². The summed E-state index contributed by atoms with van der Waals surface area (Å²) in [6, 6.07) is 7.66. The first-order valence-corrected chi connectivity index (χ1v) is 7.48. The number of carbonyl (C=O) groups excluding carboxylic acids is 1. The van der Waals surface area contributed by atoms with Crippen molar-refractivity contribution in [1.29, 1.82) is 0 Å². The van der Waals surface area contributed by atoms with E-state index in [0.717, 1.165) is 24.7 Å². The maximum Gasteiger partial charge on any atom is 0.253 e. The number of hydrogen-bond acceptors (Lipinski definition) is 3. The lowest BCUT2D eigenvalue weighted by Gasteiger charge is -2.30. The highest BCUT2D eigenvalue weighted by molar-refractivity contribution is 5.99. The molecule has 1 fully saturated rings. The molecule has 1 amide bonds. The second-order valence-corrected chi connectivity index (χ2v) is 5.58. The quantitative estimate of drug-likeness (QED) is 0.866. The van der Waals surface area contributed by atoms with E-state index in [4.69, 9.17) is 0 Å². The Morgan fingerprint density at radius 2 is 2.00 bits per heavy atom. The Kier molecular flexibility index (Phi) is 5.41. The summed E-state index contributed by atoms with van der Waals surface area (Å²) in [5.74, 6) is 0.827. The molecule has 0 radical (unpaired) electrons. The fourth-order valence-electron chi connectivity index (χ4n) is 2.60. The number of likely N-dealkylation sites (tertiary alicyclic amines) is 1. The first-order valence-electron chi connectivity index (χ1n) is 7.48. The van der Waals surface area contributed by atoms with E-state index in [9.17, 15) is 4.79 Å². The molecule has 1 aromatic carbocycles. The monoisotopic (exact) mass is 275 g/mol. The van der Waals surface area contributed by atoms with Gasteiger partial charge in [0.25, 0.3) is 5.91 Å². The van der Waals surface area contributed by atoms with Crippen molar-refractivity contribution in [1.82, 2.24) is 10.2 Å². The lowest BCUT2D eigenvalue weighted by Crippen LogP contribution is -2.36. The zero-order chi connectivity index (χ0) is 14.4. The first-order chi connectivity index (χ1) is 9.70. The van der Waals surface area contributed by atoms with Crippen LogP contribution in [0.25, 0.3) is 0 Å². The van der Waals surface area contributed by atoms with Crippen LogP contribution in [0.2, 0.25) is 0 Å². The maximum atomic E-state index is 11.8. The number of anilines is 1. The molecule has 0 spiro atoms. The molecule has 1 aliphatic heterocycles. The van der Waals surface area contributed by atoms with Crippen molar-refractivity contribution >= 4 is 11.6 Å². The fourth-order valence-corrected chi connectivity index (χ4v) is 2.60. The minimum Gasteiger partial charge on any atom is -0.383 e. The van der Waals surface area contributed by atoms with Crippen LogP contribution in [0.15, 0.2) is 24.3 Å². The Hall–Kier alpha value is -1.55. The molecule has 110 valence electrons. The molecule has 0 saturated carbocycles. The molecule has 0 unspecified atom stereocenters. The van der Waals surface area contributed by atoms with E-state index in [2.05, 4.69) is 22.5 Å². The number of para-hydroxylation sites is 1. The Morgan fingerprint density at radius 1 is 1.30 bits per heavy atom. The molecule has 4 heteroatoms. The summed E-state index contributed by atoms with van der Waals surface area (Å²) in [5.41, 5.74) is 1.62. The van der Waals surface area contributed by atoms with Crippen LogP contribution in [0.4, 0.5) is 5.69 Å². The van der Waals surface area contributed by atoms with E-state index in [-0.39, 0.29) is 5.91 Å². The molecule has 2 rings (SSSR count). The van der Waals surface area contributed by atoms with Gasteiger partial charge in [0, 0.05) is 25.8 Å². The maximum absolute atomic E-state index is 11.8. The highest BCUT2D eigenvalue weighted by Crippen LogP contribution is 2.17. The molecule has 20 heavy (non-hydrogen) atoms. The molecule has 0 bridgehead atoms. The normalized spacial score (nSPS) is 16.9. The van der Waals surface area contributed by atoms with Crippen molar-refractivity contribution in [2.75, 3.05) is 38.5 Å². The standard InChI is InChI=1S/C16H25N3O/c1-13-7-10-19(11-8-13)12-9-18-15-6-4-3-5-14(15)16(20)17-2/h3-6,13,18H,7-12H2,1-2H3,(H,17,20). The van der Waals surface area contributed by atoms with E-state index >= 15 is 0 Å². The van der Waals surface area contributed by atoms with Crippen LogP contribution in [0.5, 0.6) is 0 Å². The number of benzene rings is 1. The van der Waals surface area contributed by atoms with E-state index in [0.29, 0.717) is 5.56 Å². The summed E-state index contributed by atoms with van der Waals surface area (Å²) in [6.45, 7) is 6.63. The number of nitrogens with one attached hydrogen (secondary N) is 2. The van der Waals surface area contributed by atoms with Gasteiger partial charge < -0.3 is 15.5 Å². The molecule has 0 aromatic heterocycles. The van der Waals surface area contributed by atoms with Crippen LogP contribution in [-0.2, 0) is 0 Å². The van der Waals surface area contributed by atoms with Gasteiger partial charge in [-0.1, -0.05) is 19.1 Å². The average Bonchev–Trinajstić information content (AvgIpc) is 2.49. The van der Waals surface area contributed by atoms with Gasteiger partial charge in [0.1, 0.15) is 0 Å². The van der Waals surface area contributed by atoms with E-state index < -0.39 is 0 Å². The lowest BCUT2D eigenvalue weighted by molar-refractivity contribution is 0.0964. The number of rotatable bonds is 5. The largest absolute Gasteiger partial charge is 0.383 e. The van der Waals surface area contributed by atoms with E-state index in [1.807, 2.05) is 24.3 Å². The average molecular weight is 275 g/mol. The Balaban J connectivity index is 1.83. The summed E-state index contributed by atoms with van der Waals surface area (Å²) in [6.07, 6.45) is 2.60. The topological polar surface area (TPSA) is 44.4 Å². The third-order valence-electron chi connectivity index (χ3n) is 4.02. The summed E-state index contributed by atoms with van der Waals surface area (Å²) in [4.78, 5) is 14.3. The third-order valence-corrected chi connectivity index (χ3v) is 4.02. The van der Waals surface area contributed by atoms with Gasteiger partial charge in [-0.15, -0.1) is 0 Å². The summed E-state index contributed by atoms with van der Waals surface area (Å²) in [7, 11) is 1.66. The molecule has 1 saturated heterocycles. The fraction of sp³-hybridized carbons (Fsp3) is 0.562. The Morgan fingerprint density at radius 3 is 2.70 bits per heavy atom. The van der Waals surface area contributed by atoms with Crippen molar-refractivity contribution in [3.05, 3.63) is 29.8 Å². The Labute approximate surface area is 121 Å². The van der Waals surface area contributed by atoms with Crippen LogP contribution in [-0.4, -0.2) is 44.0 Å². The molecule has 2 N–H and O–H groups in total. The van der Waals surface area contributed by atoms with Crippen LogP contribution >= 0.6 is 0 Å². The molecule has 1 aliphatic rings. The van der Waals surface area contributed by atoms with Gasteiger partial charge in [0.15, 0.2) is 0 Å². The molecule has 1 heterocycles. The summed E-state index contributed by atoms with van der Waals surface area (Å²) in [5, 5.41) is 6.06. The van der Waals surface area contributed by atoms with Crippen LogP contribution in [0.1, 0.15) is 30.1 Å². The molecule has 4 nitrogen and oxygen atoms in total. The van der Waals surface area contributed by atoms with Gasteiger partial charge in [-0.25, -0.2) is 0 Å². The SMILES string of the molecule is CNC(=O)c1ccccc1NCCN1CCC(C)CC1. The summed E-state index contributed by atoms with van der Waals surface area (Å²) >= 11 is 0. The highest BCUT2D eigenvalue weighted by atomic mass is 16.1. The number of nitrogens with zero attached hydrogens (tertiary/aromatic N) is 1. The van der Waals surface area contributed by atoms with Crippen LogP contribution < -0.4 is 10.6 Å². The van der Waals surface area contributed by atoms with Crippen molar-refractivity contribution in [3.63, 3.8) is 0 Å². The first kappa shape index (κ1) is 14.9. The van der Waals surface area contributed by atoms with E-state index in [1.54, 1.807) is 7.05 Å². The van der Waals surface area contributed by atoms with Crippen molar-refractivity contribution in [2.45, 2.75) is 19.8 Å². The van der Waals surface area contributed by atoms with Gasteiger partial charge in [-0.2, -0.15) is 0 Å². The van der Waals surface area contributed by atoms with Crippen LogP contribution in [0, 0.1) is 5.92 Å². The summed E-state index contributed by atoms with van der Waals surface area (Å²) < 4.78 is 0. The molecular formula is C16H25N3O. The second-order valence-electron chi connectivity index (χ2n) is 5.58. The predicted octanol–water partition coefficient (Wildman–Crippen LogP) is 2.19. The predicted molar refractivity (Wildman–Crippen MR) is 83.2 cm³/mol. The van der Waals surface area contributed by atoms with Crippen molar-refractivity contribution in [2.24, 2.45) is 5.92 Å². The smallest absolute Gasteiger partial charge is 0.253 e. The zero-order valence-corrected chi connectivity index (χ0v) is 12.5. The second kappa shape index (κ2) is 7.29. The van der Waals surface area contributed by atoms with Gasteiger partial charge in [-0.05, 0) is 44.0 Å². The number of piperidine rings is 1. The van der Waals surface area contributed by atoms with Gasteiger partial charge in [-0.3, -0.25) is 4.79 Å². The Bertz CT molecular complexity index is 439. The molecule has 0 aliphatic carbocycles. The zero-order valence-electron chi connectivity index (χ0n) is 12.5. The number of amides is 1. The minimum absolute atomic E-state index is 0.0418. The molecule has 0 atom stereocenters. The molecule has 1 aromatic rings. The number of carbonyl (C=O) groups is 1. The van der Waals surface area contributed by atoms with Gasteiger partial charge >= 0.3 is 0 Å².